The minimum absolute atomic E-state index is 0.174. The van der Waals surface area contributed by atoms with Crippen LogP contribution in [0.15, 0.2) is 12.2 Å². The maximum atomic E-state index is 9.88. The van der Waals surface area contributed by atoms with Crippen molar-refractivity contribution in [3.05, 3.63) is 12.2 Å². The molecule has 0 radical (unpaired) electrons. The van der Waals surface area contributed by atoms with Gasteiger partial charge in [0, 0.05) is 13.2 Å². The van der Waals surface area contributed by atoms with Gasteiger partial charge < -0.3 is 25.4 Å². The molecule has 0 aliphatic carbocycles. The number of allylic oxidation sites excluding steroid dienone is 2. The molecule has 0 aliphatic rings. The Hall–Kier alpha value is -0.460. The molecule has 0 fully saturated rings. The van der Waals surface area contributed by atoms with Crippen molar-refractivity contribution in [1.82, 2.24) is 5.32 Å². The van der Waals surface area contributed by atoms with Crippen LogP contribution in [0.1, 0.15) is 104 Å². The van der Waals surface area contributed by atoms with Crippen molar-refractivity contribution in [1.29, 1.82) is 0 Å². The van der Waals surface area contributed by atoms with Crippen molar-refractivity contribution in [3.63, 3.8) is 0 Å². The summed E-state index contributed by atoms with van der Waals surface area (Å²) in [4.78, 5) is 0. The first-order valence-corrected chi connectivity index (χ1v) is 12.5. The quantitative estimate of drug-likeness (QED) is 0.139. The van der Waals surface area contributed by atoms with E-state index in [1.807, 2.05) is 0 Å². The third-order valence-corrected chi connectivity index (χ3v) is 5.57. The maximum Gasteiger partial charge on any atom is 0.0897 e. The van der Waals surface area contributed by atoms with Gasteiger partial charge in [0.1, 0.15) is 0 Å². The Balaban J connectivity index is 3.30. The zero-order valence-electron chi connectivity index (χ0n) is 19.9. The van der Waals surface area contributed by atoms with Crippen LogP contribution in [0.2, 0.25) is 0 Å². The molecule has 0 aromatic rings. The Morgan fingerprint density at radius 3 is 1.83 bits per heavy atom. The third-order valence-electron chi connectivity index (χ3n) is 5.57. The highest BCUT2D eigenvalue weighted by Crippen LogP contribution is 2.10. The van der Waals surface area contributed by atoms with Crippen LogP contribution in [-0.2, 0) is 4.74 Å². The van der Waals surface area contributed by atoms with Crippen LogP contribution in [0.25, 0.3) is 0 Å². The first kappa shape index (κ1) is 29.5. The Morgan fingerprint density at radius 2 is 1.30 bits per heavy atom. The average molecular weight is 430 g/mol. The van der Waals surface area contributed by atoms with Crippen molar-refractivity contribution in [2.45, 2.75) is 115 Å². The zero-order valence-corrected chi connectivity index (χ0v) is 19.9. The lowest BCUT2D eigenvalue weighted by molar-refractivity contribution is 0.0236. The van der Waals surface area contributed by atoms with Gasteiger partial charge in [0.25, 0.3) is 0 Å². The molecule has 0 aromatic heterocycles. The molecule has 1 atom stereocenters. The first-order chi connectivity index (χ1) is 14.6. The van der Waals surface area contributed by atoms with Gasteiger partial charge in [0.2, 0.25) is 0 Å². The molecule has 0 saturated carbocycles. The minimum atomic E-state index is -0.759. The van der Waals surface area contributed by atoms with Gasteiger partial charge in [-0.3, -0.25) is 0 Å². The topological polar surface area (TPSA) is 82.0 Å². The van der Waals surface area contributed by atoms with Crippen LogP contribution in [0.3, 0.4) is 0 Å². The fourth-order valence-electron chi connectivity index (χ4n) is 3.26. The molecule has 1 unspecified atom stereocenters. The third kappa shape index (κ3) is 19.5. The van der Waals surface area contributed by atoms with E-state index in [0.29, 0.717) is 13.2 Å². The lowest BCUT2D eigenvalue weighted by Crippen LogP contribution is -2.52. The summed E-state index contributed by atoms with van der Waals surface area (Å²) in [6.07, 6.45) is 22.2. The van der Waals surface area contributed by atoms with Gasteiger partial charge in [0.15, 0.2) is 0 Å². The van der Waals surface area contributed by atoms with Crippen LogP contribution < -0.4 is 5.32 Å². The number of rotatable bonds is 23. The van der Waals surface area contributed by atoms with Crippen molar-refractivity contribution in [3.8, 4) is 0 Å². The second kappa shape index (κ2) is 21.8. The van der Waals surface area contributed by atoms with E-state index in [9.17, 15) is 15.3 Å². The molecule has 5 nitrogen and oxygen atoms in total. The molecule has 0 bridgehead atoms. The average Bonchev–Trinajstić information content (AvgIpc) is 2.76. The summed E-state index contributed by atoms with van der Waals surface area (Å²) in [7, 11) is 0. The summed E-state index contributed by atoms with van der Waals surface area (Å²) < 4.78 is 5.52. The van der Waals surface area contributed by atoms with E-state index < -0.39 is 11.6 Å². The molecular formula is C25H51NO4. The molecule has 30 heavy (non-hydrogen) atoms. The van der Waals surface area contributed by atoms with Crippen LogP contribution in [0.5, 0.6) is 0 Å². The number of ether oxygens (including phenoxy) is 1. The highest BCUT2D eigenvalue weighted by Gasteiger charge is 2.22. The monoisotopic (exact) mass is 429 g/mol. The number of aliphatic hydroxyl groups excluding tert-OH is 3. The second-order valence-electron chi connectivity index (χ2n) is 8.92. The molecule has 0 amide bonds. The predicted molar refractivity (Wildman–Crippen MR) is 127 cm³/mol. The summed E-state index contributed by atoms with van der Waals surface area (Å²) in [6, 6.07) is 0. The maximum absolute atomic E-state index is 9.88. The lowest BCUT2D eigenvalue weighted by Gasteiger charge is -2.27. The second-order valence-corrected chi connectivity index (χ2v) is 8.92. The van der Waals surface area contributed by atoms with Gasteiger partial charge in [-0.1, -0.05) is 76.9 Å². The molecule has 0 aromatic carbocycles. The van der Waals surface area contributed by atoms with Crippen molar-refractivity contribution >= 4 is 0 Å². The standard InChI is InChI=1S/C25H51NO4/c1-3-4-5-6-7-8-9-10-11-12-13-14-15-16-17-18-19-30-21-24(29)20-26-25(2,22-27)23-28/h10-11,24,26-29H,3-9,12-23H2,1-2H3/b11-10-. The summed E-state index contributed by atoms with van der Waals surface area (Å²) >= 11 is 0. The van der Waals surface area contributed by atoms with Crippen molar-refractivity contribution in [2.24, 2.45) is 0 Å². The molecule has 0 saturated heterocycles. The SMILES string of the molecule is CCCCCCCC/C=C\CCCCCCCCOCC(O)CNC(C)(CO)CO. The van der Waals surface area contributed by atoms with E-state index in [-0.39, 0.29) is 19.8 Å². The normalized spacial score (nSPS) is 13.4. The van der Waals surface area contributed by atoms with Gasteiger partial charge in [-0.15, -0.1) is 0 Å². The largest absolute Gasteiger partial charge is 0.394 e. The predicted octanol–water partition coefficient (Wildman–Crippen LogP) is 4.73. The van der Waals surface area contributed by atoms with E-state index in [1.54, 1.807) is 6.92 Å². The van der Waals surface area contributed by atoms with Crippen molar-refractivity contribution in [2.75, 3.05) is 33.0 Å². The molecular weight excluding hydrogens is 378 g/mol. The fourth-order valence-corrected chi connectivity index (χ4v) is 3.26. The molecule has 0 aliphatic heterocycles. The number of hydrogen-bond acceptors (Lipinski definition) is 5. The van der Waals surface area contributed by atoms with Gasteiger partial charge in [0.05, 0.1) is 31.5 Å². The van der Waals surface area contributed by atoms with Crippen LogP contribution in [-0.4, -0.2) is 59.9 Å². The summed E-state index contributed by atoms with van der Waals surface area (Å²) in [6.45, 7) is 4.89. The van der Waals surface area contributed by atoms with Crippen LogP contribution >= 0.6 is 0 Å². The molecule has 5 heteroatoms. The number of hydrogen-bond donors (Lipinski definition) is 4. The Labute approximate surface area is 186 Å². The fraction of sp³-hybridized carbons (Fsp3) is 0.920. The van der Waals surface area contributed by atoms with Crippen LogP contribution in [0, 0.1) is 0 Å². The summed E-state index contributed by atoms with van der Waals surface area (Å²) in [5.74, 6) is 0. The molecule has 4 N–H and O–H groups in total. The Bertz CT molecular complexity index is 372. The highest BCUT2D eigenvalue weighted by molar-refractivity contribution is 4.82. The minimum Gasteiger partial charge on any atom is -0.394 e. The van der Waals surface area contributed by atoms with E-state index >= 15 is 0 Å². The number of nitrogens with one attached hydrogen (secondary N) is 1. The summed E-state index contributed by atoms with van der Waals surface area (Å²) in [5.41, 5.74) is -0.759. The summed E-state index contributed by atoms with van der Waals surface area (Å²) in [5, 5.41) is 31.2. The Kier molecular flexibility index (Phi) is 21.4. The van der Waals surface area contributed by atoms with Gasteiger partial charge in [-0.05, 0) is 39.0 Å². The number of unbranched alkanes of at least 4 members (excludes halogenated alkanes) is 12. The zero-order chi connectivity index (χ0) is 22.3. The Morgan fingerprint density at radius 1 is 0.800 bits per heavy atom. The number of aliphatic hydroxyl groups is 3. The highest BCUT2D eigenvalue weighted by atomic mass is 16.5. The van der Waals surface area contributed by atoms with Crippen molar-refractivity contribution < 1.29 is 20.1 Å². The van der Waals surface area contributed by atoms with Gasteiger partial charge >= 0.3 is 0 Å². The molecule has 0 spiro atoms. The lowest BCUT2D eigenvalue weighted by atomic mass is 10.1. The molecule has 0 rings (SSSR count). The number of β-amino-alcohol motifs (C(OH)–C–C–N with tert-alkyl or cyclic N) is 1. The first-order valence-electron chi connectivity index (χ1n) is 12.5. The van der Waals surface area contributed by atoms with Gasteiger partial charge in [-0.25, -0.2) is 0 Å². The molecule has 180 valence electrons. The van der Waals surface area contributed by atoms with E-state index in [2.05, 4.69) is 24.4 Å². The van der Waals surface area contributed by atoms with E-state index in [4.69, 9.17) is 4.74 Å². The van der Waals surface area contributed by atoms with Gasteiger partial charge in [-0.2, -0.15) is 0 Å². The van der Waals surface area contributed by atoms with E-state index in [1.165, 1.54) is 83.5 Å². The van der Waals surface area contributed by atoms with Crippen LogP contribution in [0.4, 0.5) is 0 Å². The smallest absolute Gasteiger partial charge is 0.0897 e. The molecule has 0 heterocycles. The van der Waals surface area contributed by atoms with E-state index in [0.717, 1.165) is 6.42 Å².